The zero-order chi connectivity index (χ0) is 14.1. The van der Waals surface area contributed by atoms with Crippen LogP contribution in [0, 0.1) is 0 Å². The minimum Gasteiger partial charge on any atom is -0.473 e. The van der Waals surface area contributed by atoms with Gasteiger partial charge < -0.3 is 20.3 Å². The van der Waals surface area contributed by atoms with Gasteiger partial charge in [-0.25, -0.2) is 9.59 Å². The lowest BCUT2D eigenvalue weighted by atomic mass is 10.1. The van der Waals surface area contributed by atoms with Crippen LogP contribution in [0.25, 0.3) is 0 Å². The highest BCUT2D eigenvalue weighted by Gasteiger charge is 2.12. The van der Waals surface area contributed by atoms with Gasteiger partial charge in [-0.15, -0.1) is 0 Å². The van der Waals surface area contributed by atoms with Crippen molar-refractivity contribution in [2.24, 2.45) is 0 Å². The van der Waals surface area contributed by atoms with Crippen LogP contribution in [-0.2, 0) is 20.7 Å². The average Bonchev–Trinajstić information content (AvgIpc) is 2.41. The average molecular weight is 267 g/mol. The van der Waals surface area contributed by atoms with E-state index in [1.807, 2.05) is 6.07 Å². The third kappa shape index (κ3) is 6.54. The van der Waals surface area contributed by atoms with Gasteiger partial charge in [-0.3, -0.25) is 0 Å². The Kier molecular flexibility index (Phi) is 6.56. The molecule has 0 bridgehead atoms. The molecule has 2 rings (SSSR count). The highest BCUT2D eigenvalue weighted by Crippen LogP contribution is 2.05. The summed E-state index contributed by atoms with van der Waals surface area (Å²) in [6.45, 7) is 2.68. The molecule has 0 aliphatic carbocycles. The van der Waals surface area contributed by atoms with Crippen molar-refractivity contribution in [2.75, 3.05) is 19.8 Å². The lowest BCUT2D eigenvalue weighted by Crippen LogP contribution is -2.42. The second-order valence-corrected chi connectivity index (χ2v) is 4.03. The number of hydrogen-bond donors (Lipinski definition) is 3. The normalized spacial score (nSPS) is 18.0. The van der Waals surface area contributed by atoms with Crippen molar-refractivity contribution < 1.29 is 24.5 Å². The van der Waals surface area contributed by atoms with Crippen LogP contribution in [0.2, 0.25) is 0 Å². The number of benzene rings is 1. The summed E-state index contributed by atoms with van der Waals surface area (Å²) in [5, 5.41) is 18.2. The summed E-state index contributed by atoms with van der Waals surface area (Å²) in [5.41, 5.74) is 1.38. The largest absolute Gasteiger partial charge is 0.473 e. The molecule has 19 heavy (non-hydrogen) atoms. The summed E-state index contributed by atoms with van der Waals surface area (Å²) in [6.07, 6.45) is 1.07. The van der Waals surface area contributed by atoms with Crippen molar-refractivity contribution in [1.29, 1.82) is 0 Å². The number of carbonyl (C=O) groups is 2. The number of nitrogens with one attached hydrogen (secondary N) is 1. The lowest BCUT2D eigenvalue weighted by molar-refractivity contribution is -0.159. The van der Waals surface area contributed by atoms with Gasteiger partial charge in [0.15, 0.2) is 0 Å². The monoisotopic (exact) mass is 267 g/mol. The Hall–Kier alpha value is -1.92. The third-order valence-electron chi connectivity index (χ3n) is 2.51. The fourth-order valence-electron chi connectivity index (χ4n) is 1.65. The molecule has 1 heterocycles. The van der Waals surface area contributed by atoms with Crippen molar-refractivity contribution in [1.82, 2.24) is 5.32 Å². The van der Waals surface area contributed by atoms with Gasteiger partial charge in [-0.1, -0.05) is 30.3 Å². The zero-order valence-corrected chi connectivity index (χ0v) is 10.4. The molecule has 6 nitrogen and oxygen atoms in total. The van der Waals surface area contributed by atoms with Crippen LogP contribution >= 0.6 is 0 Å². The van der Waals surface area contributed by atoms with Crippen LogP contribution in [0.15, 0.2) is 30.3 Å². The number of ether oxygens (including phenoxy) is 1. The second kappa shape index (κ2) is 8.23. The number of hydrogen-bond acceptors (Lipinski definition) is 4. The van der Waals surface area contributed by atoms with E-state index in [9.17, 15) is 0 Å². The van der Waals surface area contributed by atoms with E-state index in [1.54, 1.807) is 0 Å². The summed E-state index contributed by atoms with van der Waals surface area (Å²) in [5.74, 6) is -3.65. The van der Waals surface area contributed by atoms with Gasteiger partial charge >= 0.3 is 11.9 Å². The minimum atomic E-state index is -1.82. The fourth-order valence-corrected chi connectivity index (χ4v) is 1.65. The molecule has 3 N–H and O–H groups in total. The van der Waals surface area contributed by atoms with E-state index >= 15 is 0 Å². The fraction of sp³-hybridized carbons (Fsp3) is 0.385. The van der Waals surface area contributed by atoms with E-state index in [0.717, 1.165) is 26.2 Å². The number of morpholine rings is 1. The number of carboxylic acids is 2. The van der Waals surface area contributed by atoms with Gasteiger partial charge in [0.2, 0.25) is 0 Å². The summed E-state index contributed by atoms with van der Waals surface area (Å²) < 4.78 is 5.39. The summed E-state index contributed by atoms with van der Waals surface area (Å²) in [4.78, 5) is 18.2. The Balaban J connectivity index is 0.000000258. The molecule has 1 aliphatic heterocycles. The van der Waals surface area contributed by atoms with E-state index in [0.29, 0.717) is 6.04 Å². The molecule has 0 spiro atoms. The number of carboxylic acid groups (broad SMARTS) is 2. The van der Waals surface area contributed by atoms with Crippen LogP contribution in [0.3, 0.4) is 0 Å². The molecule has 1 saturated heterocycles. The third-order valence-corrected chi connectivity index (χ3v) is 2.51. The van der Waals surface area contributed by atoms with E-state index in [1.165, 1.54) is 5.56 Å². The zero-order valence-electron chi connectivity index (χ0n) is 10.4. The minimum absolute atomic E-state index is 0.496. The smallest absolute Gasteiger partial charge is 0.414 e. The molecule has 104 valence electrons. The van der Waals surface area contributed by atoms with Gasteiger partial charge in [0.25, 0.3) is 0 Å². The maximum absolute atomic E-state index is 9.10. The van der Waals surface area contributed by atoms with E-state index < -0.39 is 11.9 Å². The van der Waals surface area contributed by atoms with Crippen molar-refractivity contribution >= 4 is 11.9 Å². The van der Waals surface area contributed by atoms with Gasteiger partial charge in [-0.2, -0.15) is 0 Å². The highest BCUT2D eigenvalue weighted by molar-refractivity contribution is 6.27. The molecular weight excluding hydrogens is 250 g/mol. The van der Waals surface area contributed by atoms with Crippen molar-refractivity contribution in [3.8, 4) is 0 Å². The molecule has 0 saturated carbocycles. The van der Waals surface area contributed by atoms with E-state index in [-0.39, 0.29) is 0 Å². The predicted octanol–water partition coefficient (Wildman–Crippen LogP) is 0.373. The topological polar surface area (TPSA) is 95.9 Å². The van der Waals surface area contributed by atoms with Crippen LogP contribution < -0.4 is 5.32 Å². The molecule has 1 aliphatic rings. The van der Waals surface area contributed by atoms with Crippen molar-refractivity contribution in [2.45, 2.75) is 12.5 Å². The van der Waals surface area contributed by atoms with Gasteiger partial charge in [0, 0.05) is 12.6 Å². The van der Waals surface area contributed by atoms with Crippen molar-refractivity contribution in [3.63, 3.8) is 0 Å². The molecule has 0 radical (unpaired) electrons. The number of rotatable bonds is 2. The standard InChI is InChI=1S/C11H15NO.C2H2O4/c1-2-4-10(5-3-1)8-11-9-13-7-6-12-11;3-1(4)2(5)6/h1-5,11-12H,6-9H2;(H,3,4)(H,5,6)/t11-;/m0./s1. The Bertz CT molecular complexity index is 389. The molecular formula is C13H17NO5. The summed E-state index contributed by atoms with van der Waals surface area (Å²) in [7, 11) is 0. The quantitative estimate of drug-likeness (QED) is 0.670. The van der Waals surface area contributed by atoms with Crippen molar-refractivity contribution in [3.05, 3.63) is 35.9 Å². The summed E-state index contributed by atoms with van der Waals surface area (Å²) >= 11 is 0. The lowest BCUT2D eigenvalue weighted by Gasteiger charge is -2.23. The molecule has 0 unspecified atom stereocenters. The molecule has 1 aromatic rings. The molecule has 1 aromatic carbocycles. The Morgan fingerprint density at radius 1 is 1.21 bits per heavy atom. The first kappa shape index (κ1) is 15.1. The first-order valence-electron chi connectivity index (χ1n) is 5.91. The van der Waals surface area contributed by atoms with E-state index in [2.05, 4.69) is 29.6 Å². The SMILES string of the molecule is O=C(O)C(=O)O.c1ccc(C[C@H]2COCCN2)cc1. The Morgan fingerprint density at radius 2 is 1.84 bits per heavy atom. The van der Waals surface area contributed by atoms with Gasteiger partial charge in [0.1, 0.15) is 0 Å². The molecule has 0 aromatic heterocycles. The van der Waals surface area contributed by atoms with Crippen LogP contribution in [0.4, 0.5) is 0 Å². The molecule has 1 atom stereocenters. The van der Waals surface area contributed by atoms with Gasteiger partial charge in [0.05, 0.1) is 13.2 Å². The first-order valence-corrected chi connectivity index (χ1v) is 5.91. The van der Waals surface area contributed by atoms with Crippen LogP contribution in [-0.4, -0.2) is 48.0 Å². The van der Waals surface area contributed by atoms with E-state index in [4.69, 9.17) is 24.5 Å². The Morgan fingerprint density at radius 3 is 2.32 bits per heavy atom. The molecule has 1 fully saturated rings. The summed E-state index contributed by atoms with van der Waals surface area (Å²) in [6, 6.07) is 11.0. The Labute approximate surface area is 111 Å². The second-order valence-electron chi connectivity index (χ2n) is 4.03. The molecule has 6 heteroatoms. The van der Waals surface area contributed by atoms with Crippen LogP contribution in [0.1, 0.15) is 5.56 Å². The van der Waals surface area contributed by atoms with Gasteiger partial charge in [-0.05, 0) is 12.0 Å². The maximum atomic E-state index is 9.10. The first-order chi connectivity index (χ1) is 9.09. The van der Waals surface area contributed by atoms with Crippen LogP contribution in [0.5, 0.6) is 0 Å². The number of aliphatic carboxylic acids is 2. The molecule has 0 amide bonds. The highest BCUT2D eigenvalue weighted by atomic mass is 16.5. The predicted molar refractivity (Wildman–Crippen MR) is 68.0 cm³/mol. The maximum Gasteiger partial charge on any atom is 0.414 e.